The van der Waals surface area contributed by atoms with E-state index in [0.29, 0.717) is 12.5 Å². The molecule has 3 N–H and O–H groups in total. The third-order valence-electron chi connectivity index (χ3n) is 5.00. The first-order chi connectivity index (χ1) is 13.2. The average molecular weight is 365 g/mol. The van der Waals surface area contributed by atoms with Crippen LogP contribution in [0.15, 0.2) is 48.8 Å². The topological polar surface area (TPSA) is 87.2 Å². The van der Waals surface area contributed by atoms with Crippen LogP contribution in [0.1, 0.15) is 30.7 Å². The number of nitrogens with one attached hydrogen (secondary N) is 2. The molecule has 1 aliphatic rings. The van der Waals surface area contributed by atoms with Crippen LogP contribution in [0.2, 0.25) is 0 Å². The molecular weight excluding hydrogens is 342 g/mol. The lowest BCUT2D eigenvalue weighted by atomic mass is 10.1. The fourth-order valence-electron chi connectivity index (χ4n) is 3.54. The molecular formula is C21H23N3O3. The molecule has 2 unspecified atom stereocenters. The number of anilines is 1. The minimum Gasteiger partial charge on any atom is -0.494 e. The van der Waals surface area contributed by atoms with Gasteiger partial charge in [0.15, 0.2) is 0 Å². The van der Waals surface area contributed by atoms with Crippen LogP contribution < -0.4 is 10.1 Å². The SMILES string of the molecule is O=C(O)CC1CC1c1c[nH]c2ccc(OCCCNc3ccccn3)cc12. The van der Waals surface area contributed by atoms with E-state index in [1.165, 1.54) is 5.56 Å². The Morgan fingerprint density at radius 3 is 3.07 bits per heavy atom. The quantitative estimate of drug-likeness (QED) is 0.499. The molecule has 1 aliphatic carbocycles. The summed E-state index contributed by atoms with van der Waals surface area (Å²) in [5.74, 6) is 1.59. The fraction of sp³-hybridized carbons (Fsp3) is 0.333. The van der Waals surface area contributed by atoms with Gasteiger partial charge in [-0.2, -0.15) is 0 Å². The number of aliphatic carboxylic acids is 1. The van der Waals surface area contributed by atoms with Gasteiger partial charge in [0, 0.05) is 36.3 Å². The van der Waals surface area contributed by atoms with Gasteiger partial charge in [-0.15, -0.1) is 0 Å². The highest BCUT2D eigenvalue weighted by atomic mass is 16.5. The molecule has 0 amide bonds. The van der Waals surface area contributed by atoms with Crippen molar-refractivity contribution in [3.8, 4) is 5.75 Å². The first kappa shape index (κ1) is 17.4. The van der Waals surface area contributed by atoms with Crippen molar-refractivity contribution >= 4 is 22.7 Å². The summed E-state index contributed by atoms with van der Waals surface area (Å²) in [6.07, 6.45) is 5.85. The number of nitrogens with zero attached hydrogens (tertiary/aromatic N) is 1. The van der Waals surface area contributed by atoms with E-state index in [1.807, 2.05) is 36.5 Å². The first-order valence-electron chi connectivity index (χ1n) is 9.31. The summed E-state index contributed by atoms with van der Waals surface area (Å²) in [5, 5.41) is 13.4. The third kappa shape index (κ3) is 4.22. The summed E-state index contributed by atoms with van der Waals surface area (Å²) in [6, 6.07) is 11.8. The van der Waals surface area contributed by atoms with Crippen molar-refractivity contribution in [2.45, 2.75) is 25.2 Å². The minimum absolute atomic E-state index is 0.247. The number of hydrogen-bond acceptors (Lipinski definition) is 4. The molecule has 0 bridgehead atoms. The summed E-state index contributed by atoms with van der Waals surface area (Å²) >= 11 is 0. The minimum atomic E-state index is -0.717. The number of carbonyl (C=O) groups is 1. The fourth-order valence-corrected chi connectivity index (χ4v) is 3.54. The highest BCUT2D eigenvalue weighted by Gasteiger charge is 2.40. The van der Waals surface area contributed by atoms with E-state index >= 15 is 0 Å². The Morgan fingerprint density at radius 2 is 2.26 bits per heavy atom. The molecule has 1 aromatic carbocycles. The largest absolute Gasteiger partial charge is 0.494 e. The maximum absolute atomic E-state index is 10.9. The second-order valence-electron chi connectivity index (χ2n) is 7.00. The van der Waals surface area contributed by atoms with Crippen LogP contribution in [-0.2, 0) is 4.79 Å². The molecule has 0 saturated heterocycles. The lowest BCUT2D eigenvalue weighted by Crippen LogP contribution is -2.08. The maximum Gasteiger partial charge on any atom is 0.303 e. The van der Waals surface area contributed by atoms with Crippen molar-refractivity contribution in [2.75, 3.05) is 18.5 Å². The van der Waals surface area contributed by atoms with Crippen molar-refractivity contribution in [3.05, 3.63) is 54.4 Å². The van der Waals surface area contributed by atoms with E-state index in [9.17, 15) is 4.79 Å². The smallest absolute Gasteiger partial charge is 0.303 e. The number of aromatic amines is 1. The zero-order valence-corrected chi connectivity index (χ0v) is 15.0. The Bertz CT molecular complexity index is 923. The molecule has 0 aliphatic heterocycles. The van der Waals surface area contributed by atoms with E-state index in [0.717, 1.165) is 41.9 Å². The number of rotatable bonds is 9. The number of carboxylic acids is 1. The standard InChI is InChI=1S/C21H23N3O3/c25-21(26)11-14-10-16(14)18-13-24-19-6-5-15(12-17(18)19)27-9-3-8-23-20-4-1-2-7-22-20/h1-2,4-7,12-14,16,24H,3,8-11H2,(H,22,23)(H,25,26). The number of aromatic nitrogens is 2. The van der Waals surface area contributed by atoms with Crippen molar-refractivity contribution in [2.24, 2.45) is 5.92 Å². The molecule has 4 rings (SSSR count). The monoisotopic (exact) mass is 365 g/mol. The second kappa shape index (κ2) is 7.70. The molecule has 1 saturated carbocycles. The van der Waals surface area contributed by atoms with E-state index in [4.69, 9.17) is 9.84 Å². The van der Waals surface area contributed by atoms with Gasteiger partial charge in [0.25, 0.3) is 0 Å². The van der Waals surface area contributed by atoms with Gasteiger partial charge in [0.1, 0.15) is 11.6 Å². The summed E-state index contributed by atoms with van der Waals surface area (Å²) < 4.78 is 5.90. The molecule has 1 fully saturated rings. The van der Waals surface area contributed by atoms with Gasteiger partial charge in [0.2, 0.25) is 0 Å². The van der Waals surface area contributed by atoms with Crippen LogP contribution in [0.3, 0.4) is 0 Å². The summed E-state index contributed by atoms with van der Waals surface area (Å²) in [6.45, 7) is 1.42. The third-order valence-corrected chi connectivity index (χ3v) is 5.00. The summed E-state index contributed by atoms with van der Waals surface area (Å²) in [4.78, 5) is 18.4. The predicted octanol–water partition coefficient (Wildman–Crippen LogP) is 4.02. The summed E-state index contributed by atoms with van der Waals surface area (Å²) in [7, 11) is 0. The predicted molar refractivity (Wildman–Crippen MR) is 104 cm³/mol. The van der Waals surface area contributed by atoms with Gasteiger partial charge in [-0.1, -0.05) is 6.07 Å². The van der Waals surface area contributed by atoms with Crippen molar-refractivity contribution in [1.82, 2.24) is 9.97 Å². The number of carboxylic acid groups (broad SMARTS) is 1. The number of pyridine rings is 1. The second-order valence-corrected chi connectivity index (χ2v) is 7.00. The molecule has 2 atom stereocenters. The zero-order valence-electron chi connectivity index (χ0n) is 15.0. The number of benzene rings is 1. The van der Waals surface area contributed by atoms with Gasteiger partial charge in [-0.25, -0.2) is 4.98 Å². The van der Waals surface area contributed by atoms with Crippen LogP contribution >= 0.6 is 0 Å². The van der Waals surface area contributed by atoms with E-state index in [1.54, 1.807) is 6.20 Å². The van der Waals surface area contributed by atoms with E-state index in [-0.39, 0.29) is 12.3 Å². The van der Waals surface area contributed by atoms with Crippen LogP contribution in [0, 0.1) is 5.92 Å². The maximum atomic E-state index is 10.9. The van der Waals surface area contributed by atoms with Crippen molar-refractivity contribution in [3.63, 3.8) is 0 Å². The Kier molecular flexibility index (Phi) is 4.96. The van der Waals surface area contributed by atoms with Crippen LogP contribution in [0.5, 0.6) is 5.75 Å². The molecule has 2 heterocycles. The van der Waals surface area contributed by atoms with Gasteiger partial charge >= 0.3 is 5.97 Å². The Hall–Kier alpha value is -3.02. The number of ether oxygens (including phenoxy) is 1. The molecule has 3 aromatic rings. The lowest BCUT2D eigenvalue weighted by molar-refractivity contribution is -0.137. The van der Waals surface area contributed by atoms with E-state index < -0.39 is 5.97 Å². The van der Waals surface area contributed by atoms with E-state index in [2.05, 4.69) is 21.4 Å². The van der Waals surface area contributed by atoms with Crippen LogP contribution in [-0.4, -0.2) is 34.2 Å². The number of hydrogen-bond donors (Lipinski definition) is 3. The Balaban J connectivity index is 1.32. The molecule has 27 heavy (non-hydrogen) atoms. The van der Waals surface area contributed by atoms with Gasteiger partial charge in [-0.3, -0.25) is 4.79 Å². The first-order valence-corrected chi connectivity index (χ1v) is 9.31. The van der Waals surface area contributed by atoms with Gasteiger partial charge in [0.05, 0.1) is 6.61 Å². The highest BCUT2D eigenvalue weighted by Crippen LogP contribution is 2.51. The lowest BCUT2D eigenvalue weighted by Gasteiger charge is -2.08. The van der Waals surface area contributed by atoms with Crippen LogP contribution in [0.25, 0.3) is 10.9 Å². The number of H-pyrrole nitrogens is 1. The molecule has 0 radical (unpaired) electrons. The van der Waals surface area contributed by atoms with Crippen LogP contribution in [0.4, 0.5) is 5.82 Å². The highest BCUT2D eigenvalue weighted by molar-refractivity contribution is 5.85. The molecule has 2 aromatic heterocycles. The Labute approximate surface area is 157 Å². The van der Waals surface area contributed by atoms with Gasteiger partial charge < -0.3 is 20.1 Å². The average Bonchev–Trinajstić information content (AvgIpc) is 3.28. The molecule has 140 valence electrons. The zero-order chi connectivity index (χ0) is 18.6. The Morgan fingerprint density at radius 1 is 1.33 bits per heavy atom. The van der Waals surface area contributed by atoms with Crippen molar-refractivity contribution < 1.29 is 14.6 Å². The number of fused-ring (bicyclic) bond motifs is 1. The van der Waals surface area contributed by atoms with Gasteiger partial charge in [-0.05, 0) is 60.6 Å². The molecule has 6 heteroatoms. The summed E-state index contributed by atoms with van der Waals surface area (Å²) in [5.41, 5.74) is 2.27. The molecule has 0 spiro atoms. The normalized spacial score (nSPS) is 18.4. The molecule has 6 nitrogen and oxygen atoms in total. The van der Waals surface area contributed by atoms with Crippen molar-refractivity contribution in [1.29, 1.82) is 0 Å².